The number of amides is 2. The number of hydrogen-bond acceptors (Lipinski definition) is 5. The lowest BCUT2D eigenvalue weighted by Gasteiger charge is -2.23. The minimum absolute atomic E-state index is 0.158. The molecule has 2 heterocycles. The molecule has 98 valence electrons. The van der Waals surface area contributed by atoms with Crippen molar-refractivity contribution in [3.05, 3.63) is 30.0 Å². The molecule has 1 aromatic heterocycles. The molecule has 1 N–H and O–H groups in total. The van der Waals surface area contributed by atoms with Crippen LogP contribution in [0.25, 0.3) is 6.08 Å². The van der Waals surface area contributed by atoms with E-state index in [2.05, 4.69) is 4.98 Å². The van der Waals surface area contributed by atoms with Crippen LogP contribution >= 0.6 is 0 Å². The van der Waals surface area contributed by atoms with E-state index in [1.165, 1.54) is 12.1 Å². The largest absolute Gasteiger partial charge is 0.478 e. The number of carboxylic acid groups (broad SMARTS) is 1. The maximum atomic E-state index is 11.6. The molecule has 0 unspecified atom stereocenters. The van der Waals surface area contributed by atoms with Crippen LogP contribution in [0.2, 0.25) is 0 Å². The van der Waals surface area contributed by atoms with E-state index in [-0.39, 0.29) is 19.0 Å². The number of carbonyl (C=O) groups excluding carboxylic acids is 2. The minimum atomic E-state index is -1.11. The fourth-order valence-electron chi connectivity index (χ4n) is 1.56. The fraction of sp³-hybridized carbons (Fsp3) is 0.167. The molecule has 0 aliphatic carbocycles. The number of imide groups is 1. The number of anilines is 1. The number of nitrogens with zero attached hydrogens (tertiary/aromatic N) is 2. The van der Waals surface area contributed by atoms with Crippen LogP contribution in [0.1, 0.15) is 5.69 Å². The second-order valence-corrected chi connectivity index (χ2v) is 3.71. The molecule has 0 saturated carbocycles. The zero-order chi connectivity index (χ0) is 13.8. The Kier molecular flexibility index (Phi) is 3.67. The third-order valence-electron chi connectivity index (χ3n) is 2.33. The van der Waals surface area contributed by atoms with Crippen molar-refractivity contribution in [2.24, 2.45) is 0 Å². The standard InChI is InChI=1S/C12H10N2O5/c15-10-6-19-7-11(16)14(10)9-3-1-2-8(13-9)4-5-12(17)18/h1-5H,6-7H2,(H,17,18)/b5-4+. The summed E-state index contributed by atoms with van der Waals surface area (Å²) < 4.78 is 4.79. The van der Waals surface area contributed by atoms with E-state index in [0.29, 0.717) is 5.69 Å². The van der Waals surface area contributed by atoms with Gasteiger partial charge in [0.1, 0.15) is 19.0 Å². The van der Waals surface area contributed by atoms with Crippen molar-refractivity contribution in [3.8, 4) is 0 Å². The summed E-state index contributed by atoms with van der Waals surface area (Å²) >= 11 is 0. The van der Waals surface area contributed by atoms with Crippen LogP contribution in [0.15, 0.2) is 24.3 Å². The molecule has 0 atom stereocenters. The summed E-state index contributed by atoms with van der Waals surface area (Å²) in [6.45, 7) is -0.356. The molecular weight excluding hydrogens is 252 g/mol. The fourth-order valence-corrected chi connectivity index (χ4v) is 1.56. The van der Waals surface area contributed by atoms with Crippen LogP contribution in [0, 0.1) is 0 Å². The predicted molar refractivity (Wildman–Crippen MR) is 64.2 cm³/mol. The van der Waals surface area contributed by atoms with Gasteiger partial charge < -0.3 is 9.84 Å². The summed E-state index contributed by atoms with van der Waals surface area (Å²) in [5.41, 5.74) is 0.340. The van der Waals surface area contributed by atoms with Crippen molar-refractivity contribution in [1.29, 1.82) is 0 Å². The first kappa shape index (κ1) is 12.9. The average Bonchev–Trinajstić information content (AvgIpc) is 2.37. The van der Waals surface area contributed by atoms with E-state index < -0.39 is 17.8 Å². The highest BCUT2D eigenvalue weighted by molar-refractivity contribution is 6.16. The molecule has 1 aliphatic heterocycles. The van der Waals surface area contributed by atoms with Gasteiger partial charge in [0, 0.05) is 6.08 Å². The Hall–Kier alpha value is -2.54. The summed E-state index contributed by atoms with van der Waals surface area (Å²) in [6, 6.07) is 4.65. The van der Waals surface area contributed by atoms with Crippen LogP contribution < -0.4 is 4.90 Å². The van der Waals surface area contributed by atoms with E-state index in [0.717, 1.165) is 11.0 Å². The highest BCUT2D eigenvalue weighted by atomic mass is 16.5. The lowest BCUT2D eigenvalue weighted by Crippen LogP contribution is -2.46. The van der Waals surface area contributed by atoms with Crippen molar-refractivity contribution in [2.75, 3.05) is 18.1 Å². The minimum Gasteiger partial charge on any atom is -0.478 e. The second kappa shape index (κ2) is 5.40. The van der Waals surface area contributed by atoms with E-state index in [9.17, 15) is 14.4 Å². The van der Waals surface area contributed by atoms with Crippen molar-refractivity contribution in [1.82, 2.24) is 4.98 Å². The molecule has 0 bridgehead atoms. The van der Waals surface area contributed by atoms with Gasteiger partial charge in [-0.25, -0.2) is 14.7 Å². The molecule has 0 aromatic carbocycles. The van der Waals surface area contributed by atoms with Crippen molar-refractivity contribution < 1.29 is 24.2 Å². The molecule has 1 aliphatic rings. The lowest BCUT2D eigenvalue weighted by atomic mass is 10.3. The Labute approximate surface area is 108 Å². The Bertz CT molecular complexity index is 551. The van der Waals surface area contributed by atoms with E-state index >= 15 is 0 Å². The number of aromatic nitrogens is 1. The van der Waals surface area contributed by atoms with Gasteiger partial charge in [0.25, 0.3) is 11.8 Å². The molecule has 1 fully saturated rings. The molecule has 0 radical (unpaired) electrons. The summed E-state index contributed by atoms with van der Waals surface area (Å²) in [4.78, 5) is 38.6. The van der Waals surface area contributed by atoms with Gasteiger partial charge in [-0.1, -0.05) is 6.07 Å². The van der Waals surface area contributed by atoms with E-state index in [4.69, 9.17) is 9.84 Å². The molecule has 7 heteroatoms. The van der Waals surface area contributed by atoms with E-state index in [1.54, 1.807) is 12.1 Å². The zero-order valence-corrected chi connectivity index (χ0v) is 9.78. The van der Waals surface area contributed by atoms with Crippen LogP contribution in [0.4, 0.5) is 5.82 Å². The van der Waals surface area contributed by atoms with Gasteiger partial charge in [0.15, 0.2) is 0 Å². The van der Waals surface area contributed by atoms with Crippen molar-refractivity contribution >= 4 is 29.7 Å². The molecular formula is C12H10N2O5. The van der Waals surface area contributed by atoms with Gasteiger partial charge in [-0.15, -0.1) is 0 Å². The maximum absolute atomic E-state index is 11.6. The number of pyridine rings is 1. The van der Waals surface area contributed by atoms with Gasteiger partial charge in [0.2, 0.25) is 0 Å². The third-order valence-corrected chi connectivity index (χ3v) is 2.33. The van der Waals surface area contributed by atoms with Crippen LogP contribution in [-0.2, 0) is 19.1 Å². The Morgan fingerprint density at radius 2 is 2.00 bits per heavy atom. The quantitative estimate of drug-likeness (QED) is 0.611. The van der Waals surface area contributed by atoms with Gasteiger partial charge >= 0.3 is 5.97 Å². The van der Waals surface area contributed by atoms with Crippen molar-refractivity contribution in [2.45, 2.75) is 0 Å². The summed E-state index contributed by atoms with van der Waals surface area (Å²) in [6.07, 6.45) is 2.20. The SMILES string of the molecule is O=C(O)/C=C/c1cccc(N2C(=O)COCC2=O)n1. The topological polar surface area (TPSA) is 96.8 Å². The molecule has 0 spiro atoms. The molecule has 1 saturated heterocycles. The first-order chi connectivity index (χ1) is 9.08. The molecule has 7 nitrogen and oxygen atoms in total. The number of aliphatic carboxylic acids is 1. The Balaban J connectivity index is 2.29. The number of carbonyl (C=O) groups is 3. The number of rotatable bonds is 3. The predicted octanol–water partition coefficient (Wildman–Crippen LogP) is 0.0692. The first-order valence-corrected chi connectivity index (χ1v) is 5.39. The van der Waals surface area contributed by atoms with Gasteiger partial charge in [-0.2, -0.15) is 0 Å². The number of morpholine rings is 1. The summed E-state index contributed by atoms with van der Waals surface area (Å²) in [5, 5.41) is 8.53. The van der Waals surface area contributed by atoms with Crippen LogP contribution in [-0.4, -0.2) is 41.1 Å². The Morgan fingerprint density at radius 3 is 2.63 bits per heavy atom. The summed E-state index contributed by atoms with van der Waals surface area (Å²) in [5.74, 6) is -1.94. The zero-order valence-electron chi connectivity index (χ0n) is 9.78. The normalized spacial score (nSPS) is 16.1. The molecule has 19 heavy (non-hydrogen) atoms. The highest BCUT2D eigenvalue weighted by Gasteiger charge is 2.29. The maximum Gasteiger partial charge on any atom is 0.328 e. The molecule has 1 aromatic rings. The number of hydrogen-bond donors (Lipinski definition) is 1. The van der Waals surface area contributed by atoms with Crippen LogP contribution in [0.3, 0.4) is 0 Å². The van der Waals surface area contributed by atoms with Gasteiger partial charge in [0.05, 0.1) is 5.69 Å². The smallest absolute Gasteiger partial charge is 0.328 e. The lowest BCUT2D eigenvalue weighted by molar-refractivity contribution is -0.138. The summed E-state index contributed by atoms with van der Waals surface area (Å²) in [7, 11) is 0. The first-order valence-electron chi connectivity index (χ1n) is 5.39. The number of carboxylic acids is 1. The Morgan fingerprint density at radius 1 is 1.32 bits per heavy atom. The number of ether oxygens (including phenoxy) is 1. The third kappa shape index (κ3) is 3.02. The highest BCUT2D eigenvalue weighted by Crippen LogP contribution is 2.15. The van der Waals surface area contributed by atoms with Gasteiger partial charge in [-0.05, 0) is 18.2 Å². The van der Waals surface area contributed by atoms with Gasteiger partial charge in [-0.3, -0.25) is 9.59 Å². The van der Waals surface area contributed by atoms with Crippen LogP contribution in [0.5, 0.6) is 0 Å². The second-order valence-electron chi connectivity index (χ2n) is 3.71. The average molecular weight is 262 g/mol. The molecule has 2 amide bonds. The monoisotopic (exact) mass is 262 g/mol. The van der Waals surface area contributed by atoms with Crippen molar-refractivity contribution in [3.63, 3.8) is 0 Å². The molecule has 2 rings (SSSR count). The van der Waals surface area contributed by atoms with E-state index in [1.807, 2.05) is 0 Å².